The van der Waals surface area contributed by atoms with Gasteiger partial charge in [0, 0.05) is 30.4 Å². The van der Waals surface area contributed by atoms with Crippen LogP contribution in [0.5, 0.6) is 5.75 Å². The van der Waals surface area contributed by atoms with Crippen molar-refractivity contribution < 1.29 is 31.2 Å². The summed E-state index contributed by atoms with van der Waals surface area (Å²) in [5.74, 6) is 0.00932. The number of sulfonamides is 1. The van der Waals surface area contributed by atoms with Crippen LogP contribution in [0.2, 0.25) is 0 Å². The van der Waals surface area contributed by atoms with E-state index >= 15 is 0 Å². The summed E-state index contributed by atoms with van der Waals surface area (Å²) in [4.78, 5) is 10.3. The highest BCUT2D eigenvalue weighted by Crippen LogP contribution is 2.31. The fourth-order valence-electron chi connectivity index (χ4n) is 2.30. The molecule has 2 rings (SSSR count). The van der Waals surface area contributed by atoms with Gasteiger partial charge in [-0.3, -0.25) is 19.5 Å². The molecule has 0 bridgehead atoms. The first kappa shape index (κ1) is 22.4. The molecule has 0 saturated carbocycles. The Labute approximate surface area is 152 Å². The molecule has 13 heteroatoms. The molecule has 1 unspecified atom stereocenters. The average Bonchev–Trinajstić information content (AvgIpc) is 2.52. The van der Waals surface area contributed by atoms with Gasteiger partial charge in [-0.2, -0.15) is 0 Å². The van der Waals surface area contributed by atoms with Gasteiger partial charge in [-0.15, -0.1) is 0 Å². The van der Waals surface area contributed by atoms with Gasteiger partial charge in [0.15, 0.2) is 5.75 Å². The van der Waals surface area contributed by atoms with Crippen LogP contribution in [-0.4, -0.2) is 58.0 Å². The second kappa shape index (κ2) is 9.32. The first-order valence-electron chi connectivity index (χ1n) is 7.28. The van der Waals surface area contributed by atoms with Crippen molar-refractivity contribution in [3.63, 3.8) is 0 Å². The molecule has 0 radical (unpaired) electrons. The predicted molar refractivity (Wildman–Crippen MR) is 91.2 cm³/mol. The van der Waals surface area contributed by atoms with E-state index in [1.807, 2.05) is 0 Å². The van der Waals surface area contributed by atoms with E-state index in [9.17, 15) is 22.9 Å². The van der Waals surface area contributed by atoms with Gasteiger partial charge in [0.05, 0.1) is 11.2 Å². The van der Waals surface area contributed by atoms with Crippen LogP contribution in [-0.2, 0) is 21.3 Å². The molecule has 0 aliphatic carbocycles. The minimum Gasteiger partial charge on any atom is -0.760 e. The third-order valence-electron chi connectivity index (χ3n) is 3.64. The summed E-state index contributed by atoms with van der Waals surface area (Å²) in [5.41, 5.74) is -1.91. The normalized spacial score (nSPS) is 18.3. The molecule has 2 N–H and O–H groups in total. The van der Waals surface area contributed by atoms with Crippen molar-refractivity contribution in [1.82, 2.24) is 4.31 Å². The number of rotatable bonds is 5. The zero-order valence-electron chi connectivity index (χ0n) is 13.9. The fraction of sp³-hybridized carbons (Fsp3) is 0.538. The number of nitro benzene ring substituents is 1. The van der Waals surface area contributed by atoms with E-state index in [-0.39, 0.29) is 44.0 Å². The topological polar surface area (TPSA) is 156 Å². The molecule has 10 nitrogen and oxygen atoms in total. The lowest BCUT2D eigenvalue weighted by atomic mass is 9.95. The molecule has 1 heterocycles. The molecule has 1 saturated heterocycles. The monoisotopic (exact) mass is 412 g/mol. The minimum absolute atomic E-state index is 0.000696. The van der Waals surface area contributed by atoms with E-state index in [2.05, 4.69) is 5.14 Å². The molecule has 1 aliphatic rings. The Kier molecular flexibility index (Phi) is 8.02. The number of nitrogens with two attached hydrogens (primary N) is 1. The maximum Gasteiger partial charge on any atom is 0.310 e. The number of hydrogen-bond donors (Lipinski definition) is 1. The summed E-state index contributed by atoms with van der Waals surface area (Å²) in [6.07, 6.45) is 1.09. The number of nitro groups is 1. The Morgan fingerprint density at radius 1 is 1.38 bits per heavy atom. The van der Waals surface area contributed by atoms with E-state index in [1.165, 1.54) is 22.5 Å². The number of ether oxygens (including phenoxy) is 1. The lowest BCUT2D eigenvalue weighted by molar-refractivity contribution is -0.386. The van der Waals surface area contributed by atoms with Crippen molar-refractivity contribution in [2.45, 2.75) is 18.5 Å². The van der Waals surface area contributed by atoms with Crippen molar-refractivity contribution in [3.8, 4) is 5.75 Å². The second-order valence-electron chi connectivity index (χ2n) is 5.59. The first-order valence-corrected chi connectivity index (χ1v) is 10.3. The Balaban J connectivity index is 0.000000765. The van der Waals surface area contributed by atoms with Crippen LogP contribution < -0.4 is 9.88 Å². The average molecular weight is 412 g/mol. The van der Waals surface area contributed by atoms with Crippen LogP contribution in [0.3, 0.4) is 0 Å². The van der Waals surface area contributed by atoms with Crippen LogP contribution in [0.4, 0.5) is 10.1 Å². The van der Waals surface area contributed by atoms with Gasteiger partial charge in [-0.25, -0.2) is 17.1 Å². The molecular weight excluding hydrogens is 393 g/mol. The number of nitrogens with zero attached hydrogens (tertiary/aromatic N) is 2. The number of benzene rings is 1. The van der Waals surface area contributed by atoms with Crippen molar-refractivity contribution >= 4 is 27.0 Å². The highest BCUT2D eigenvalue weighted by molar-refractivity contribution is 7.88. The Morgan fingerprint density at radius 2 is 1.88 bits per heavy atom. The fourth-order valence-corrected chi connectivity index (χ4v) is 3.15. The van der Waals surface area contributed by atoms with Crippen LogP contribution >= 0.6 is 0 Å². The van der Waals surface area contributed by atoms with Gasteiger partial charge in [0.2, 0.25) is 10.0 Å². The summed E-state index contributed by atoms with van der Waals surface area (Å²) in [5, 5.41) is 14.9. The summed E-state index contributed by atoms with van der Waals surface area (Å²) in [7, 11) is -3.32. The van der Waals surface area contributed by atoms with Crippen LogP contribution in [0, 0.1) is 10.1 Å². The van der Waals surface area contributed by atoms with Crippen molar-refractivity contribution in [2.24, 2.45) is 5.14 Å². The Bertz CT molecular complexity index is 748. The first-order chi connectivity index (χ1) is 11.9. The van der Waals surface area contributed by atoms with E-state index in [4.69, 9.17) is 13.5 Å². The number of alkyl halides is 1. The highest BCUT2D eigenvalue weighted by atomic mass is 32.2. The van der Waals surface area contributed by atoms with Crippen LogP contribution in [0.15, 0.2) is 24.3 Å². The summed E-state index contributed by atoms with van der Waals surface area (Å²) in [6, 6.07) is 5.76. The molecule has 0 aromatic heterocycles. The highest BCUT2D eigenvalue weighted by Gasteiger charge is 2.38. The maximum atomic E-state index is 14.6. The summed E-state index contributed by atoms with van der Waals surface area (Å²) < 4.78 is 61.5. The molecule has 1 aromatic rings. The van der Waals surface area contributed by atoms with Gasteiger partial charge in [-0.05, 0) is 18.9 Å². The minimum atomic E-state index is -3.32. The van der Waals surface area contributed by atoms with Gasteiger partial charge < -0.3 is 9.29 Å². The quantitative estimate of drug-likeness (QED) is 0.418. The number of halogens is 1. The molecule has 0 amide bonds. The lowest BCUT2D eigenvalue weighted by Gasteiger charge is -2.34. The standard InChI is InChI=1S/C13H17FN2O5S.H3NO2S/c1-22(19,20)15-8-6-13(14,7-9-15)10-21-12-5-3-2-4-11(12)16(17)18;1-4(2)3/h2-5H,6-10H2,1H3;1H2,(H,2,3)/p-1. The molecule has 1 atom stereocenters. The van der Waals surface area contributed by atoms with Crippen molar-refractivity contribution in [3.05, 3.63) is 34.4 Å². The third kappa shape index (κ3) is 7.29. The molecule has 0 spiro atoms. The second-order valence-corrected chi connectivity index (χ2v) is 8.09. The summed E-state index contributed by atoms with van der Waals surface area (Å²) in [6.45, 7) is -0.180. The van der Waals surface area contributed by atoms with Gasteiger partial charge in [0.1, 0.15) is 12.3 Å². The molecular formula is C13H19FN3O7S2-. The largest absolute Gasteiger partial charge is 0.760 e. The molecule has 1 aliphatic heterocycles. The third-order valence-corrected chi connectivity index (χ3v) is 4.94. The zero-order valence-corrected chi connectivity index (χ0v) is 15.5. The smallest absolute Gasteiger partial charge is 0.310 e. The summed E-state index contributed by atoms with van der Waals surface area (Å²) >= 11 is -2.36. The van der Waals surface area contributed by atoms with E-state index in [0.717, 1.165) is 6.26 Å². The zero-order chi connectivity index (χ0) is 20.0. The maximum absolute atomic E-state index is 14.6. The van der Waals surface area contributed by atoms with E-state index in [1.54, 1.807) is 6.07 Å². The van der Waals surface area contributed by atoms with Crippen LogP contribution in [0.25, 0.3) is 0 Å². The van der Waals surface area contributed by atoms with Gasteiger partial charge in [-0.1, -0.05) is 12.1 Å². The molecule has 1 fully saturated rings. The van der Waals surface area contributed by atoms with E-state index < -0.39 is 31.9 Å². The van der Waals surface area contributed by atoms with E-state index in [0.29, 0.717) is 0 Å². The number of para-hydroxylation sites is 2. The molecule has 148 valence electrons. The molecule has 26 heavy (non-hydrogen) atoms. The lowest BCUT2D eigenvalue weighted by Crippen LogP contribution is -2.46. The number of piperidine rings is 1. The SMILES string of the molecule is CS(=O)(=O)N1CCC(F)(COc2ccccc2[N+](=O)[O-])CC1.NS(=O)[O-]. The van der Waals surface area contributed by atoms with Gasteiger partial charge >= 0.3 is 5.69 Å². The van der Waals surface area contributed by atoms with Gasteiger partial charge in [0.25, 0.3) is 0 Å². The van der Waals surface area contributed by atoms with Crippen LogP contribution in [0.1, 0.15) is 12.8 Å². The predicted octanol–water partition coefficient (Wildman–Crippen LogP) is 0.477. The Hall–Kier alpha value is -1.67. The van der Waals surface area contributed by atoms with Crippen molar-refractivity contribution in [1.29, 1.82) is 0 Å². The Morgan fingerprint density at radius 3 is 2.35 bits per heavy atom. The molecule has 1 aromatic carbocycles. The van der Waals surface area contributed by atoms with Crippen molar-refractivity contribution in [2.75, 3.05) is 26.0 Å². The number of hydrogen-bond acceptors (Lipinski definition) is 7.